The average molecular weight is 638 g/mol. The van der Waals surface area contributed by atoms with E-state index in [1.165, 1.54) is 32.7 Å². The largest absolute Gasteiger partial charge is 0.208 e. The molecule has 0 aliphatic carbocycles. The van der Waals surface area contributed by atoms with Gasteiger partial charge in [0.2, 0.25) is 0 Å². The van der Waals surface area contributed by atoms with Crippen LogP contribution in [0.1, 0.15) is 0 Å². The van der Waals surface area contributed by atoms with Gasteiger partial charge in [0.15, 0.2) is 17.5 Å². The first kappa shape index (κ1) is 29.4. The average Bonchev–Trinajstić information content (AvgIpc) is 3.21. The molecule has 1 aromatic heterocycles. The fourth-order valence-electron chi connectivity index (χ4n) is 6.78. The number of hydrogen-bond acceptors (Lipinski definition) is 3. The fourth-order valence-corrected chi connectivity index (χ4v) is 6.78. The van der Waals surface area contributed by atoms with E-state index in [0.29, 0.717) is 17.5 Å². The molecule has 0 saturated carbocycles. The molecule has 1 heterocycles. The maximum Gasteiger partial charge on any atom is 0.164 e. The van der Waals surface area contributed by atoms with Crippen molar-refractivity contribution in [1.29, 1.82) is 0 Å². The third-order valence-corrected chi connectivity index (χ3v) is 9.34. The summed E-state index contributed by atoms with van der Waals surface area (Å²) in [7, 11) is 0. The fraction of sp³-hybridized carbons (Fsp3) is 0. The molecule has 0 saturated heterocycles. The summed E-state index contributed by atoms with van der Waals surface area (Å²) in [4.78, 5) is 15.3. The number of nitrogens with zero attached hydrogens (tertiary/aromatic N) is 3. The lowest BCUT2D eigenvalue weighted by atomic mass is 9.94. The van der Waals surface area contributed by atoms with Gasteiger partial charge in [-0.25, -0.2) is 15.0 Å². The lowest BCUT2D eigenvalue weighted by molar-refractivity contribution is 1.07. The van der Waals surface area contributed by atoms with Gasteiger partial charge in [0.1, 0.15) is 0 Å². The maximum atomic E-state index is 5.16. The predicted octanol–water partition coefficient (Wildman–Crippen LogP) is 12.2. The molecule has 0 aliphatic heterocycles. The number of aromatic nitrogens is 3. The van der Waals surface area contributed by atoms with Gasteiger partial charge >= 0.3 is 0 Å². The molecule has 0 radical (unpaired) electrons. The molecule has 234 valence electrons. The monoisotopic (exact) mass is 637 g/mol. The minimum atomic E-state index is 0.635. The van der Waals surface area contributed by atoms with Crippen LogP contribution in [0.2, 0.25) is 0 Å². The molecular formula is C47H31N3. The van der Waals surface area contributed by atoms with Crippen LogP contribution >= 0.6 is 0 Å². The van der Waals surface area contributed by atoms with Crippen molar-refractivity contribution < 1.29 is 0 Å². The molecule has 0 aliphatic rings. The van der Waals surface area contributed by atoms with E-state index in [2.05, 4.69) is 158 Å². The first-order valence-electron chi connectivity index (χ1n) is 16.9. The van der Waals surface area contributed by atoms with Crippen LogP contribution in [0, 0.1) is 0 Å². The molecule has 0 amide bonds. The molecule has 3 nitrogen and oxygen atoms in total. The van der Waals surface area contributed by atoms with Gasteiger partial charge in [-0.05, 0) is 67.1 Å². The summed E-state index contributed by atoms with van der Waals surface area (Å²) in [5.74, 6) is 1.92. The number of rotatable bonds is 6. The minimum Gasteiger partial charge on any atom is -0.208 e. The maximum absolute atomic E-state index is 5.16. The van der Waals surface area contributed by atoms with Crippen LogP contribution in [0.5, 0.6) is 0 Å². The second kappa shape index (κ2) is 12.7. The van der Waals surface area contributed by atoms with Crippen molar-refractivity contribution in [3.8, 4) is 67.5 Å². The number of benzene rings is 8. The third kappa shape index (κ3) is 5.61. The molecule has 50 heavy (non-hydrogen) atoms. The van der Waals surface area contributed by atoms with Crippen LogP contribution in [0.25, 0.3) is 89.1 Å². The highest BCUT2D eigenvalue weighted by atomic mass is 15.0. The van der Waals surface area contributed by atoms with Crippen molar-refractivity contribution in [3.05, 3.63) is 188 Å². The number of fused-ring (bicyclic) bond motifs is 2. The molecule has 0 unspecified atom stereocenters. The van der Waals surface area contributed by atoms with Gasteiger partial charge in [-0.1, -0.05) is 176 Å². The molecule has 0 spiro atoms. The second-order valence-corrected chi connectivity index (χ2v) is 12.5. The van der Waals surface area contributed by atoms with E-state index in [4.69, 9.17) is 15.0 Å². The van der Waals surface area contributed by atoms with Crippen molar-refractivity contribution in [2.75, 3.05) is 0 Å². The highest BCUT2D eigenvalue weighted by Gasteiger charge is 2.17. The van der Waals surface area contributed by atoms with E-state index in [-0.39, 0.29) is 0 Å². The molecule has 9 rings (SSSR count). The van der Waals surface area contributed by atoms with E-state index in [0.717, 1.165) is 38.9 Å². The predicted molar refractivity (Wildman–Crippen MR) is 207 cm³/mol. The zero-order valence-electron chi connectivity index (χ0n) is 27.2. The molecule has 8 aromatic carbocycles. The summed E-state index contributed by atoms with van der Waals surface area (Å²) < 4.78 is 0. The van der Waals surface area contributed by atoms with Crippen molar-refractivity contribution in [2.24, 2.45) is 0 Å². The zero-order valence-corrected chi connectivity index (χ0v) is 27.2. The Morgan fingerprint density at radius 3 is 1.54 bits per heavy atom. The first-order chi connectivity index (χ1) is 24.8. The SMILES string of the molecule is c1ccc(-c2nc(-c3cccc(-c4ccc(-c5ccc6ccccc6c5)cc4)c3)nc(-c3ccccc3-c3cccc4ccccc34)n2)cc1. The molecular weight excluding hydrogens is 607 g/mol. The molecule has 9 aromatic rings. The van der Waals surface area contributed by atoms with Crippen LogP contribution in [0.3, 0.4) is 0 Å². The molecule has 0 atom stereocenters. The Balaban J connectivity index is 1.13. The summed E-state index contributed by atoms with van der Waals surface area (Å²) in [6.45, 7) is 0. The quantitative estimate of drug-likeness (QED) is 0.182. The van der Waals surface area contributed by atoms with Gasteiger partial charge in [0.05, 0.1) is 0 Å². The van der Waals surface area contributed by atoms with Crippen molar-refractivity contribution in [2.45, 2.75) is 0 Å². The van der Waals surface area contributed by atoms with Crippen molar-refractivity contribution in [3.63, 3.8) is 0 Å². The van der Waals surface area contributed by atoms with Crippen LogP contribution in [0.4, 0.5) is 0 Å². The summed E-state index contributed by atoms with van der Waals surface area (Å²) in [6, 6.07) is 65.9. The topological polar surface area (TPSA) is 38.7 Å². The molecule has 3 heteroatoms. The summed E-state index contributed by atoms with van der Waals surface area (Å²) in [6.07, 6.45) is 0. The number of hydrogen-bond donors (Lipinski definition) is 0. The highest BCUT2D eigenvalue weighted by molar-refractivity contribution is 6.00. The molecule has 0 bridgehead atoms. The Morgan fingerprint density at radius 1 is 0.240 bits per heavy atom. The van der Waals surface area contributed by atoms with Gasteiger partial charge in [-0.15, -0.1) is 0 Å². The molecule has 0 N–H and O–H groups in total. The van der Waals surface area contributed by atoms with Gasteiger partial charge in [-0.3, -0.25) is 0 Å². The van der Waals surface area contributed by atoms with E-state index in [9.17, 15) is 0 Å². The lowest BCUT2D eigenvalue weighted by Crippen LogP contribution is -2.01. The summed E-state index contributed by atoms with van der Waals surface area (Å²) >= 11 is 0. The second-order valence-electron chi connectivity index (χ2n) is 12.5. The standard InChI is InChI=1S/C47H31N3/c1-2-14-36(15-3-1)45-48-46(50-47(49-45)44-22-9-8-21-43(44)42-23-11-17-35-13-6-7-20-41(35)42)40-19-10-18-38(31-40)33-24-26-34(27-25-33)39-29-28-32-12-4-5-16-37(32)30-39/h1-31H. The van der Waals surface area contributed by atoms with E-state index >= 15 is 0 Å². The Hall–Kier alpha value is -6.71. The van der Waals surface area contributed by atoms with Crippen molar-refractivity contribution in [1.82, 2.24) is 15.0 Å². The summed E-state index contributed by atoms with van der Waals surface area (Å²) in [5, 5.41) is 4.88. The van der Waals surface area contributed by atoms with Gasteiger partial charge in [0, 0.05) is 16.7 Å². The zero-order chi connectivity index (χ0) is 33.3. The normalized spacial score (nSPS) is 11.2. The lowest BCUT2D eigenvalue weighted by Gasteiger charge is -2.14. The van der Waals surface area contributed by atoms with Gasteiger partial charge in [0.25, 0.3) is 0 Å². The third-order valence-electron chi connectivity index (χ3n) is 9.34. The highest BCUT2D eigenvalue weighted by Crippen LogP contribution is 2.37. The summed E-state index contributed by atoms with van der Waals surface area (Å²) in [5.41, 5.74) is 9.71. The Bertz CT molecular complexity index is 2640. The minimum absolute atomic E-state index is 0.635. The Kier molecular flexibility index (Phi) is 7.49. The van der Waals surface area contributed by atoms with Crippen LogP contribution < -0.4 is 0 Å². The van der Waals surface area contributed by atoms with Gasteiger partial charge < -0.3 is 0 Å². The van der Waals surface area contributed by atoms with Gasteiger partial charge in [-0.2, -0.15) is 0 Å². The Morgan fingerprint density at radius 2 is 0.740 bits per heavy atom. The Labute approximate surface area is 291 Å². The smallest absolute Gasteiger partial charge is 0.164 e. The van der Waals surface area contributed by atoms with E-state index in [1.54, 1.807) is 0 Å². The first-order valence-corrected chi connectivity index (χ1v) is 16.9. The van der Waals surface area contributed by atoms with E-state index in [1.807, 2.05) is 30.3 Å². The van der Waals surface area contributed by atoms with Crippen LogP contribution in [-0.2, 0) is 0 Å². The van der Waals surface area contributed by atoms with E-state index < -0.39 is 0 Å². The van der Waals surface area contributed by atoms with Crippen molar-refractivity contribution >= 4 is 21.5 Å². The van der Waals surface area contributed by atoms with Crippen LogP contribution in [0.15, 0.2) is 188 Å². The molecule has 0 fully saturated rings. The van der Waals surface area contributed by atoms with Crippen LogP contribution in [-0.4, -0.2) is 15.0 Å².